The SMILES string of the molecule is CC(C)NCC1(CCOC(C)C)CCCOC1. The van der Waals surface area contributed by atoms with Crippen LogP contribution in [0.1, 0.15) is 47.0 Å². The van der Waals surface area contributed by atoms with E-state index in [-0.39, 0.29) is 5.41 Å². The van der Waals surface area contributed by atoms with Gasteiger partial charge < -0.3 is 14.8 Å². The second-order valence-electron chi connectivity index (χ2n) is 5.86. The Morgan fingerprint density at radius 2 is 2.06 bits per heavy atom. The Bertz CT molecular complexity index is 198. The topological polar surface area (TPSA) is 30.5 Å². The van der Waals surface area contributed by atoms with Gasteiger partial charge in [0, 0.05) is 31.2 Å². The van der Waals surface area contributed by atoms with Gasteiger partial charge in [-0.3, -0.25) is 0 Å². The van der Waals surface area contributed by atoms with Gasteiger partial charge in [0.2, 0.25) is 0 Å². The molecule has 1 unspecified atom stereocenters. The summed E-state index contributed by atoms with van der Waals surface area (Å²) in [5.41, 5.74) is 0.289. The van der Waals surface area contributed by atoms with Gasteiger partial charge in [0.05, 0.1) is 12.7 Å². The average Bonchev–Trinajstić information content (AvgIpc) is 2.27. The molecule has 0 amide bonds. The van der Waals surface area contributed by atoms with E-state index in [0.717, 1.165) is 32.8 Å². The highest BCUT2D eigenvalue weighted by molar-refractivity contribution is 4.84. The van der Waals surface area contributed by atoms with Crippen LogP contribution in [0.15, 0.2) is 0 Å². The summed E-state index contributed by atoms with van der Waals surface area (Å²) in [5.74, 6) is 0. The van der Waals surface area contributed by atoms with E-state index in [4.69, 9.17) is 9.47 Å². The molecule has 0 bridgehead atoms. The molecular formula is C14H29NO2. The lowest BCUT2D eigenvalue weighted by Gasteiger charge is -2.38. The summed E-state index contributed by atoms with van der Waals surface area (Å²) < 4.78 is 11.4. The highest BCUT2D eigenvalue weighted by Gasteiger charge is 2.32. The first-order chi connectivity index (χ1) is 8.04. The maximum absolute atomic E-state index is 5.69. The Hall–Kier alpha value is -0.120. The Labute approximate surface area is 106 Å². The van der Waals surface area contributed by atoms with E-state index >= 15 is 0 Å². The molecule has 17 heavy (non-hydrogen) atoms. The Balaban J connectivity index is 2.40. The minimum Gasteiger partial charge on any atom is -0.381 e. The molecule has 1 N–H and O–H groups in total. The van der Waals surface area contributed by atoms with Gasteiger partial charge in [-0.15, -0.1) is 0 Å². The van der Waals surface area contributed by atoms with Crippen LogP contribution in [0, 0.1) is 5.41 Å². The lowest BCUT2D eigenvalue weighted by molar-refractivity contribution is -0.0343. The smallest absolute Gasteiger partial charge is 0.0535 e. The first-order valence-electron chi connectivity index (χ1n) is 6.97. The molecule has 0 aliphatic carbocycles. The van der Waals surface area contributed by atoms with Crippen LogP contribution in [0.3, 0.4) is 0 Å². The van der Waals surface area contributed by atoms with Gasteiger partial charge in [-0.1, -0.05) is 13.8 Å². The number of ether oxygens (including phenoxy) is 2. The van der Waals surface area contributed by atoms with E-state index in [1.165, 1.54) is 12.8 Å². The zero-order chi connectivity index (χ0) is 12.7. The van der Waals surface area contributed by atoms with Gasteiger partial charge in [-0.2, -0.15) is 0 Å². The number of rotatable bonds is 7. The largest absolute Gasteiger partial charge is 0.381 e. The quantitative estimate of drug-likeness (QED) is 0.745. The van der Waals surface area contributed by atoms with Gasteiger partial charge in [0.25, 0.3) is 0 Å². The predicted molar refractivity (Wildman–Crippen MR) is 71.3 cm³/mol. The molecular weight excluding hydrogens is 214 g/mol. The van der Waals surface area contributed by atoms with Gasteiger partial charge in [0.15, 0.2) is 0 Å². The summed E-state index contributed by atoms with van der Waals surface area (Å²) in [5, 5.41) is 3.56. The summed E-state index contributed by atoms with van der Waals surface area (Å²) in [4.78, 5) is 0. The molecule has 1 rings (SSSR count). The fourth-order valence-corrected chi connectivity index (χ4v) is 2.27. The average molecular weight is 243 g/mol. The molecule has 0 aromatic carbocycles. The molecule has 1 aliphatic rings. The van der Waals surface area contributed by atoms with Crippen LogP contribution in [0.5, 0.6) is 0 Å². The molecule has 0 radical (unpaired) electrons. The second kappa shape index (κ2) is 7.34. The van der Waals surface area contributed by atoms with Crippen molar-refractivity contribution in [3.05, 3.63) is 0 Å². The van der Waals surface area contributed by atoms with Crippen molar-refractivity contribution in [1.29, 1.82) is 0 Å². The van der Waals surface area contributed by atoms with Crippen molar-refractivity contribution in [1.82, 2.24) is 5.32 Å². The minimum atomic E-state index is 0.289. The third kappa shape index (κ3) is 5.84. The van der Waals surface area contributed by atoms with Crippen molar-refractivity contribution in [2.45, 2.75) is 59.1 Å². The van der Waals surface area contributed by atoms with Gasteiger partial charge in [-0.25, -0.2) is 0 Å². The Morgan fingerprint density at radius 1 is 1.29 bits per heavy atom. The molecule has 102 valence electrons. The molecule has 1 heterocycles. The standard InChI is InChI=1S/C14H29NO2/c1-12(2)15-10-14(6-5-8-16-11-14)7-9-17-13(3)4/h12-13,15H,5-11H2,1-4H3. The van der Waals surface area contributed by atoms with Crippen molar-refractivity contribution in [2.75, 3.05) is 26.4 Å². The molecule has 1 fully saturated rings. The van der Waals surface area contributed by atoms with E-state index in [0.29, 0.717) is 12.1 Å². The fraction of sp³-hybridized carbons (Fsp3) is 1.00. The van der Waals surface area contributed by atoms with Crippen molar-refractivity contribution in [2.24, 2.45) is 5.41 Å². The van der Waals surface area contributed by atoms with Gasteiger partial charge in [0.1, 0.15) is 0 Å². The third-order valence-electron chi connectivity index (χ3n) is 3.37. The van der Waals surface area contributed by atoms with E-state index in [2.05, 4.69) is 33.0 Å². The minimum absolute atomic E-state index is 0.289. The van der Waals surface area contributed by atoms with Crippen LogP contribution in [-0.2, 0) is 9.47 Å². The van der Waals surface area contributed by atoms with E-state index in [9.17, 15) is 0 Å². The zero-order valence-corrected chi connectivity index (χ0v) is 11.9. The van der Waals surface area contributed by atoms with Crippen LogP contribution in [0.2, 0.25) is 0 Å². The van der Waals surface area contributed by atoms with Crippen LogP contribution in [-0.4, -0.2) is 38.5 Å². The molecule has 0 aromatic rings. The van der Waals surface area contributed by atoms with Crippen LogP contribution in [0.25, 0.3) is 0 Å². The molecule has 3 heteroatoms. The molecule has 1 saturated heterocycles. The van der Waals surface area contributed by atoms with E-state index in [1.807, 2.05) is 0 Å². The van der Waals surface area contributed by atoms with Crippen molar-refractivity contribution in [3.8, 4) is 0 Å². The van der Waals surface area contributed by atoms with Crippen LogP contribution >= 0.6 is 0 Å². The normalized spacial score (nSPS) is 25.8. The summed E-state index contributed by atoms with van der Waals surface area (Å²) in [6, 6.07) is 0.541. The first-order valence-corrected chi connectivity index (χ1v) is 6.97. The van der Waals surface area contributed by atoms with Gasteiger partial charge in [-0.05, 0) is 33.1 Å². The zero-order valence-electron chi connectivity index (χ0n) is 11.9. The Morgan fingerprint density at radius 3 is 2.59 bits per heavy atom. The third-order valence-corrected chi connectivity index (χ3v) is 3.37. The fourth-order valence-electron chi connectivity index (χ4n) is 2.27. The highest BCUT2D eigenvalue weighted by atomic mass is 16.5. The number of nitrogens with one attached hydrogen (secondary N) is 1. The van der Waals surface area contributed by atoms with E-state index in [1.54, 1.807) is 0 Å². The van der Waals surface area contributed by atoms with Crippen LogP contribution < -0.4 is 5.32 Å². The molecule has 3 nitrogen and oxygen atoms in total. The summed E-state index contributed by atoms with van der Waals surface area (Å²) >= 11 is 0. The maximum atomic E-state index is 5.69. The Kier molecular flexibility index (Phi) is 6.45. The predicted octanol–water partition coefficient (Wildman–Crippen LogP) is 2.60. The maximum Gasteiger partial charge on any atom is 0.0535 e. The van der Waals surface area contributed by atoms with Crippen LogP contribution in [0.4, 0.5) is 0 Å². The number of hydrogen-bond acceptors (Lipinski definition) is 3. The molecule has 0 spiro atoms. The summed E-state index contributed by atoms with van der Waals surface area (Å²) in [7, 11) is 0. The second-order valence-corrected chi connectivity index (χ2v) is 5.86. The molecule has 1 aliphatic heterocycles. The van der Waals surface area contributed by atoms with Crippen molar-refractivity contribution < 1.29 is 9.47 Å². The summed E-state index contributed by atoms with van der Waals surface area (Å²) in [6.07, 6.45) is 3.87. The molecule has 0 saturated carbocycles. The van der Waals surface area contributed by atoms with Crippen molar-refractivity contribution in [3.63, 3.8) is 0 Å². The first kappa shape index (κ1) is 14.9. The molecule has 1 atom stereocenters. The monoisotopic (exact) mass is 243 g/mol. The van der Waals surface area contributed by atoms with Crippen molar-refractivity contribution >= 4 is 0 Å². The lowest BCUT2D eigenvalue weighted by Crippen LogP contribution is -2.44. The lowest BCUT2D eigenvalue weighted by atomic mass is 9.79. The van der Waals surface area contributed by atoms with Gasteiger partial charge >= 0.3 is 0 Å². The summed E-state index contributed by atoms with van der Waals surface area (Å²) in [6.45, 7) is 12.3. The number of hydrogen-bond donors (Lipinski definition) is 1. The highest BCUT2D eigenvalue weighted by Crippen LogP contribution is 2.32. The van der Waals surface area contributed by atoms with E-state index < -0.39 is 0 Å². The molecule has 0 aromatic heterocycles.